The second kappa shape index (κ2) is 12.4. The maximum Gasteiger partial charge on any atom is 0.335 e. The maximum absolute atomic E-state index is 15.3. The van der Waals surface area contributed by atoms with Crippen LogP contribution in [0.3, 0.4) is 0 Å². The summed E-state index contributed by atoms with van der Waals surface area (Å²) >= 11 is 0. The number of benzene rings is 2. The number of aromatic amines is 1. The van der Waals surface area contributed by atoms with E-state index >= 15 is 4.39 Å². The average molecular weight is 617 g/mol. The largest absolute Gasteiger partial charge is 0.453 e. The fourth-order valence-corrected chi connectivity index (χ4v) is 5.28. The number of aromatic nitrogens is 5. The van der Waals surface area contributed by atoms with Crippen molar-refractivity contribution in [2.45, 2.75) is 44.7 Å². The van der Waals surface area contributed by atoms with Crippen LogP contribution in [0.1, 0.15) is 48.1 Å². The van der Waals surface area contributed by atoms with E-state index in [9.17, 15) is 18.8 Å². The molecule has 3 heterocycles. The number of methoxy groups -OCH3 is 1. The van der Waals surface area contributed by atoms with Crippen LogP contribution in [0.5, 0.6) is 11.5 Å². The Morgan fingerprint density at radius 3 is 2.58 bits per heavy atom. The molecule has 0 saturated heterocycles. The summed E-state index contributed by atoms with van der Waals surface area (Å²) in [6.45, 7) is 2.35. The zero-order valence-electron chi connectivity index (χ0n) is 24.5. The number of carbonyl (C=O) groups excluding carboxylic acids is 1. The highest BCUT2D eigenvalue weighted by atomic mass is 19.1. The van der Waals surface area contributed by atoms with Gasteiger partial charge in [0.2, 0.25) is 0 Å². The summed E-state index contributed by atoms with van der Waals surface area (Å²) in [6.07, 6.45) is 4.88. The van der Waals surface area contributed by atoms with Crippen LogP contribution >= 0.6 is 0 Å². The average Bonchev–Trinajstić information content (AvgIpc) is 3.39. The molecular weight excluding hydrogens is 586 g/mol. The predicted octanol–water partition coefficient (Wildman–Crippen LogP) is 4.94. The van der Waals surface area contributed by atoms with Crippen molar-refractivity contribution in [1.29, 1.82) is 0 Å². The minimum Gasteiger partial charge on any atom is -0.453 e. The van der Waals surface area contributed by atoms with E-state index in [2.05, 4.69) is 20.5 Å². The van der Waals surface area contributed by atoms with Crippen molar-refractivity contribution in [1.82, 2.24) is 24.3 Å². The number of anilines is 1. The summed E-state index contributed by atoms with van der Waals surface area (Å²) in [5.74, 6) is -1.16. The molecule has 232 valence electrons. The second-order valence-electron chi connectivity index (χ2n) is 11.0. The van der Waals surface area contributed by atoms with E-state index in [0.29, 0.717) is 34.8 Å². The highest BCUT2D eigenvalue weighted by Crippen LogP contribution is 2.34. The van der Waals surface area contributed by atoms with E-state index in [0.717, 1.165) is 36.0 Å². The molecule has 1 atom stereocenters. The molecule has 13 heteroatoms. The normalized spacial score (nSPS) is 13.9. The van der Waals surface area contributed by atoms with Crippen LogP contribution < -0.4 is 21.3 Å². The number of nitrogens with one attached hydrogen (secondary N) is 2. The Hall–Kier alpha value is -5.17. The van der Waals surface area contributed by atoms with Crippen LogP contribution in [0.4, 0.5) is 14.6 Å². The van der Waals surface area contributed by atoms with Gasteiger partial charge in [-0.25, -0.2) is 23.1 Å². The van der Waals surface area contributed by atoms with Crippen molar-refractivity contribution in [2.24, 2.45) is 0 Å². The summed E-state index contributed by atoms with van der Waals surface area (Å²) in [4.78, 5) is 44.4. The van der Waals surface area contributed by atoms with E-state index in [-0.39, 0.29) is 35.5 Å². The van der Waals surface area contributed by atoms with Crippen molar-refractivity contribution >= 4 is 22.6 Å². The van der Waals surface area contributed by atoms with Gasteiger partial charge in [-0.15, -0.1) is 0 Å². The Labute approximate surface area is 255 Å². The SMILES string of the molecule is COC[C@@H](C)Nc1n[nH]c2nccc(Oc3ccc(CC(=O)c4cn(C5CCC5)c(=O)n(-c5ccc(F)cc5)c4=O)cc3F)c12. The van der Waals surface area contributed by atoms with Crippen LogP contribution in [0.2, 0.25) is 0 Å². The minimum atomic E-state index is -0.821. The van der Waals surface area contributed by atoms with Crippen LogP contribution in [0.15, 0.2) is 70.5 Å². The molecule has 1 aliphatic rings. The number of ether oxygens (including phenoxy) is 2. The van der Waals surface area contributed by atoms with Crippen LogP contribution in [-0.2, 0) is 11.2 Å². The molecule has 1 saturated carbocycles. The fourth-order valence-electron chi connectivity index (χ4n) is 5.28. The lowest BCUT2D eigenvalue weighted by atomic mass is 9.92. The number of halogens is 2. The van der Waals surface area contributed by atoms with Crippen LogP contribution in [0.25, 0.3) is 16.7 Å². The van der Waals surface area contributed by atoms with Crippen molar-refractivity contribution in [3.63, 3.8) is 0 Å². The van der Waals surface area contributed by atoms with Crippen LogP contribution in [0, 0.1) is 11.6 Å². The number of hydrogen-bond donors (Lipinski definition) is 2. The number of hydrogen-bond acceptors (Lipinski definition) is 8. The highest BCUT2D eigenvalue weighted by Gasteiger charge is 2.26. The molecule has 1 aliphatic carbocycles. The monoisotopic (exact) mass is 616 g/mol. The Kier molecular flexibility index (Phi) is 8.26. The lowest BCUT2D eigenvalue weighted by molar-refractivity contribution is 0.0989. The van der Waals surface area contributed by atoms with E-state index in [4.69, 9.17) is 9.47 Å². The lowest BCUT2D eigenvalue weighted by Gasteiger charge is -2.28. The van der Waals surface area contributed by atoms with Crippen molar-refractivity contribution < 1.29 is 23.0 Å². The Morgan fingerprint density at radius 1 is 1.11 bits per heavy atom. The number of pyridine rings is 1. The van der Waals surface area contributed by atoms with Gasteiger partial charge in [0.15, 0.2) is 28.8 Å². The zero-order chi connectivity index (χ0) is 31.7. The Morgan fingerprint density at radius 2 is 1.89 bits per heavy atom. The zero-order valence-corrected chi connectivity index (χ0v) is 24.5. The standard InChI is InChI=1S/C32H30F2N6O5/c1-18(17-44-2)36-30-28-27(12-13-35-29(28)37-38-30)45-26-11-6-19(14-24(26)34)15-25(41)23-16-39(21-4-3-5-21)32(43)40(31(23)42)22-9-7-20(33)8-10-22/h6-14,16,18,21H,3-5,15,17H2,1-2H3,(H2,35,36,37,38)/t18-/m1/s1. The van der Waals surface area contributed by atoms with Gasteiger partial charge in [0.05, 0.1) is 12.3 Å². The number of H-pyrrole nitrogens is 1. The van der Waals surface area contributed by atoms with E-state index in [1.165, 1.54) is 47.3 Å². The number of carbonyl (C=O) groups is 1. The van der Waals surface area contributed by atoms with Crippen LogP contribution in [-0.4, -0.2) is 49.9 Å². The van der Waals surface area contributed by atoms with Gasteiger partial charge in [0.25, 0.3) is 5.56 Å². The summed E-state index contributed by atoms with van der Waals surface area (Å²) < 4.78 is 42.3. The smallest absolute Gasteiger partial charge is 0.335 e. The maximum atomic E-state index is 15.3. The molecule has 0 unspecified atom stereocenters. The Balaban J connectivity index is 1.27. The minimum absolute atomic E-state index is 0.0732. The molecule has 1 fully saturated rings. The second-order valence-corrected chi connectivity index (χ2v) is 11.0. The molecule has 6 rings (SSSR count). The topological polar surface area (TPSA) is 133 Å². The van der Waals surface area contributed by atoms with E-state index < -0.39 is 28.7 Å². The van der Waals surface area contributed by atoms with Gasteiger partial charge in [0.1, 0.15) is 22.5 Å². The fraction of sp³-hybridized carbons (Fsp3) is 0.281. The van der Waals surface area contributed by atoms with E-state index in [1.54, 1.807) is 13.2 Å². The molecule has 0 aliphatic heterocycles. The summed E-state index contributed by atoms with van der Waals surface area (Å²) in [5, 5.41) is 10.8. The molecule has 5 aromatic rings. The van der Waals surface area contributed by atoms with Gasteiger partial charge < -0.3 is 14.8 Å². The summed E-state index contributed by atoms with van der Waals surface area (Å²) in [7, 11) is 1.59. The first-order valence-corrected chi connectivity index (χ1v) is 14.5. The molecule has 11 nitrogen and oxygen atoms in total. The first kappa shape index (κ1) is 29.9. The molecule has 2 aromatic carbocycles. The van der Waals surface area contributed by atoms with Gasteiger partial charge in [0, 0.05) is 44.1 Å². The Bertz CT molecular complexity index is 2000. The summed E-state index contributed by atoms with van der Waals surface area (Å²) in [5.41, 5.74) is -0.743. The molecule has 0 bridgehead atoms. The molecule has 3 aromatic heterocycles. The van der Waals surface area contributed by atoms with Crippen molar-refractivity contribution in [3.05, 3.63) is 105 Å². The number of Topliss-reactive ketones (excluding diaryl/α,β-unsaturated/α-hetero) is 1. The third-order valence-electron chi connectivity index (χ3n) is 7.77. The first-order valence-electron chi connectivity index (χ1n) is 14.5. The molecule has 2 N–H and O–H groups in total. The van der Waals surface area contributed by atoms with Crippen molar-refractivity contribution in [2.75, 3.05) is 19.0 Å². The number of rotatable bonds is 11. The van der Waals surface area contributed by atoms with Gasteiger partial charge in [-0.3, -0.25) is 19.3 Å². The molecule has 0 amide bonds. The van der Waals surface area contributed by atoms with Gasteiger partial charge >= 0.3 is 5.69 Å². The molecule has 45 heavy (non-hydrogen) atoms. The number of ketones is 1. The molecule has 0 radical (unpaired) electrons. The summed E-state index contributed by atoms with van der Waals surface area (Å²) in [6, 6.07) is 10.4. The van der Waals surface area contributed by atoms with Gasteiger partial charge in [-0.1, -0.05) is 6.07 Å². The first-order chi connectivity index (χ1) is 21.7. The van der Waals surface area contributed by atoms with E-state index in [1.807, 2.05) is 6.92 Å². The number of fused-ring (bicyclic) bond motifs is 1. The predicted molar refractivity (Wildman–Crippen MR) is 163 cm³/mol. The highest BCUT2D eigenvalue weighted by molar-refractivity contribution is 5.97. The third kappa shape index (κ3) is 5.98. The van der Waals surface area contributed by atoms with Gasteiger partial charge in [-0.2, -0.15) is 5.10 Å². The van der Waals surface area contributed by atoms with Gasteiger partial charge in [-0.05, 0) is 68.1 Å². The van der Waals surface area contributed by atoms with Crippen molar-refractivity contribution in [3.8, 4) is 17.2 Å². The molecule has 0 spiro atoms. The third-order valence-corrected chi connectivity index (χ3v) is 7.77. The number of nitrogens with zero attached hydrogens (tertiary/aromatic N) is 4. The quantitative estimate of drug-likeness (QED) is 0.200. The lowest BCUT2D eigenvalue weighted by Crippen LogP contribution is -2.43. The molecular formula is C32H30F2N6O5.